The molecule has 3 nitrogen and oxygen atoms in total. The number of nitrogens with one attached hydrogen (secondary N) is 1. The van der Waals surface area contributed by atoms with Crippen LogP contribution >= 0.6 is 11.6 Å². The molecule has 5 heteroatoms. The van der Waals surface area contributed by atoms with E-state index in [9.17, 15) is 9.18 Å². The van der Waals surface area contributed by atoms with Gasteiger partial charge >= 0.3 is 0 Å². The molecule has 110 valence electrons. The van der Waals surface area contributed by atoms with Crippen LogP contribution in [0.1, 0.15) is 38.5 Å². The molecule has 0 unspecified atom stereocenters. The molecule has 1 amide bonds. The highest BCUT2D eigenvalue weighted by Crippen LogP contribution is 2.38. The molecule has 1 saturated carbocycles. The number of rotatable bonds is 4. The number of amides is 1. The van der Waals surface area contributed by atoms with Crippen LogP contribution in [0.5, 0.6) is 0 Å². The van der Waals surface area contributed by atoms with E-state index < -0.39 is 5.82 Å². The number of benzene rings is 1. The van der Waals surface area contributed by atoms with E-state index in [1.807, 2.05) is 0 Å². The monoisotopic (exact) mass is 298 g/mol. The maximum Gasteiger partial charge on any atom is 0.225 e. The molecule has 1 aliphatic rings. The highest BCUT2D eigenvalue weighted by atomic mass is 35.5. The molecule has 3 N–H and O–H groups in total. The summed E-state index contributed by atoms with van der Waals surface area (Å²) in [5, 5.41) is 3.00. The van der Waals surface area contributed by atoms with Crippen molar-refractivity contribution in [2.45, 2.75) is 38.5 Å². The molecule has 0 heterocycles. The van der Waals surface area contributed by atoms with Gasteiger partial charge in [-0.3, -0.25) is 4.79 Å². The maximum atomic E-state index is 13.6. The second kappa shape index (κ2) is 6.55. The molecule has 0 bridgehead atoms. The van der Waals surface area contributed by atoms with Crippen molar-refractivity contribution in [2.24, 2.45) is 11.1 Å². The van der Waals surface area contributed by atoms with Gasteiger partial charge in [-0.05, 0) is 43.0 Å². The lowest BCUT2D eigenvalue weighted by Crippen LogP contribution is -2.36. The van der Waals surface area contributed by atoms with Crippen molar-refractivity contribution in [3.63, 3.8) is 0 Å². The highest BCUT2D eigenvalue weighted by molar-refractivity contribution is 6.30. The van der Waals surface area contributed by atoms with Crippen molar-refractivity contribution < 1.29 is 9.18 Å². The second-order valence-electron chi connectivity index (χ2n) is 5.61. The molecule has 1 aromatic rings. The summed E-state index contributed by atoms with van der Waals surface area (Å²) in [6.07, 6.45) is 5.69. The molecule has 1 fully saturated rings. The van der Waals surface area contributed by atoms with Crippen molar-refractivity contribution in [2.75, 3.05) is 11.9 Å². The number of hydrogen-bond donors (Lipinski definition) is 2. The largest absolute Gasteiger partial charge is 0.330 e. The van der Waals surface area contributed by atoms with Gasteiger partial charge in [0.2, 0.25) is 5.91 Å². The highest BCUT2D eigenvalue weighted by Gasteiger charge is 2.33. The molecule has 2 rings (SSSR count). The summed E-state index contributed by atoms with van der Waals surface area (Å²) >= 11 is 5.81. The van der Waals surface area contributed by atoms with E-state index in [1.165, 1.54) is 24.6 Å². The molecular weight excluding hydrogens is 279 g/mol. The van der Waals surface area contributed by atoms with Crippen LogP contribution in [0, 0.1) is 11.2 Å². The van der Waals surface area contributed by atoms with Gasteiger partial charge in [0.15, 0.2) is 0 Å². The number of hydrogen-bond acceptors (Lipinski definition) is 2. The zero-order valence-corrected chi connectivity index (χ0v) is 12.2. The standard InChI is InChI=1S/C15H20ClFN2O/c16-11-4-5-12(17)13(8-11)19-14(20)9-15(10-18)6-2-1-3-7-15/h4-5,8H,1-3,6-7,9-10,18H2,(H,19,20). The Balaban J connectivity index is 2.02. The predicted octanol–water partition coefficient (Wildman–Crippen LogP) is 3.72. The summed E-state index contributed by atoms with van der Waals surface area (Å²) in [4.78, 5) is 12.1. The van der Waals surface area contributed by atoms with Gasteiger partial charge in [-0.2, -0.15) is 0 Å². The third-order valence-electron chi connectivity index (χ3n) is 4.09. The first-order valence-corrected chi connectivity index (χ1v) is 7.37. The Kier molecular flexibility index (Phi) is 5.00. The van der Waals surface area contributed by atoms with Crippen LogP contribution < -0.4 is 11.1 Å². The Morgan fingerprint density at radius 3 is 2.70 bits per heavy atom. The number of anilines is 1. The minimum absolute atomic E-state index is 0.128. The minimum Gasteiger partial charge on any atom is -0.330 e. The average molecular weight is 299 g/mol. The molecule has 0 atom stereocenters. The van der Waals surface area contributed by atoms with E-state index >= 15 is 0 Å². The molecule has 0 spiro atoms. The van der Waals surface area contributed by atoms with Crippen LogP contribution in [-0.2, 0) is 4.79 Å². The summed E-state index contributed by atoms with van der Waals surface area (Å²) in [7, 11) is 0. The topological polar surface area (TPSA) is 55.1 Å². The van der Waals surface area contributed by atoms with Crippen LogP contribution in [0.15, 0.2) is 18.2 Å². The van der Waals surface area contributed by atoms with E-state index in [-0.39, 0.29) is 17.0 Å². The van der Waals surface area contributed by atoms with Crippen molar-refractivity contribution in [3.05, 3.63) is 29.0 Å². The van der Waals surface area contributed by atoms with Crippen LogP contribution in [-0.4, -0.2) is 12.5 Å². The van der Waals surface area contributed by atoms with Gasteiger partial charge < -0.3 is 11.1 Å². The van der Waals surface area contributed by atoms with Gasteiger partial charge in [0.1, 0.15) is 5.82 Å². The lowest BCUT2D eigenvalue weighted by Gasteiger charge is -2.35. The summed E-state index contributed by atoms with van der Waals surface area (Å²) in [6, 6.07) is 4.12. The third kappa shape index (κ3) is 3.70. The van der Waals surface area contributed by atoms with Crippen LogP contribution in [0.2, 0.25) is 5.02 Å². The fourth-order valence-electron chi connectivity index (χ4n) is 2.88. The van der Waals surface area contributed by atoms with Crippen molar-refractivity contribution in [3.8, 4) is 0 Å². The zero-order chi connectivity index (χ0) is 14.6. The van der Waals surface area contributed by atoms with Crippen LogP contribution in [0.4, 0.5) is 10.1 Å². The first-order chi connectivity index (χ1) is 9.54. The Bertz CT molecular complexity index is 487. The SMILES string of the molecule is NCC1(CC(=O)Nc2cc(Cl)ccc2F)CCCCC1. The molecule has 1 aromatic carbocycles. The Hall–Kier alpha value is -1.13. The van der Waals surface area contributed by atoms with E-state index in [2.05, 4.69) is 5.32 Å². The zero-order valence-electron chi connectivity index (χ0n) is 11.4. The fraction of sp³-hybridized carbons (Fsp3) is 0.533. The fourth-order valence-corrected chi connectivity index (χ4v) is 3.06. The van der Waals surface area contributed by atoms with Gasteiger partial charge in [-0.1, -0.05) is 30.9 Å². The lowest BCUT2D eigenvalue weighted by atomic mass is 9.71. The number of carbonyl (C=O) groups excluding carboxylic acids is 1. The summed E-state index contributed by atoms with van der Waals surface area (Å²) in [5.74, 6) is -0.674. The predicted molar refractivity (Wildman–Crippen MR) is 79.2 cm³/mol. The van der Waals surface area contributed by atoms with Gasteiger partial charge in [-0.25, -0.2) is 4.39 Å². The van der Waals surface area contributed by atoms with Gasteiger partial charge in [-0.15, -0.1) is 0 Å². The molecule has 20 heavy (non-hydrogen) atoms. The third-order valence-corrected chi connectivity index (χ3v) is 4.32. The van der Waals surface area contributed by atoms with Crippen LogP contribution in [0.3, 0.4) is 0 Å². The quantitative estimate of drug-likeness (QED) is 0.890. The summed E-state index contributed by atoms with van der Waals surface area (Å²) < 4.78 is 13.6. The molecule has 0 aliphatic heterocycles. The number of carbonyl (C=O) groups is 1. The minimum atomic E-state index is -0.479. The van der Waals surface area contributed by atoms with Crippen molar-refractivity contribution in [1.82, 2.24) is 0 Å². The van der Waals surface area contributed by atoms with E-state index in [1.54, 1.807) is 0 Å². The normalized spacial score (nSPS) is 17.8. The average Bonchev–Trinajstić information content (AvgIpc) is 2.44. The second-order valence-corrected chi connectivity index (χ2v) is 6.05. The van der Waals surface area contributed by atoms with E-state index in [0.29, 0.717) is 18.0 Å². The lowest BCUT2D eigenvalue weighted by molar-refractivity contribution is -0.118. The van der Waals surface area contributed by atoms with E-state index in [4.69, 9.17) is 17.3 Å². The molecular formula is C15H20ClFN2O. The smallest absolute Gasteiger partial charge is 0.225 e. The van der Waals surface area contributed by atoms with Gasteiger partial charge in [0, 0.05) is 11.4 Å². The number of nitrogens with two attached hydrogens (primary N) is 1. The van der Waals surface area contributed by atoms with Gasteiger partial charge in [0.05, 0.1) is 5.69 Å². The van der Waals surface area contributed by atoms with Gasteiger partial charge in [0.25, 0.3) is 0 Å². The first-order valence-electron chi connectivity index (χ1n) is 7.00. The molecule has 0 saturated heterocycles. The van der Waals surface area contributed by atoms with Crippen molar-refractivity contribution in [1.29, 1.82) is 0 Å². The maximum absolute atomic E-state index is 13.6. The Morgan fingerprint density at radius 2 is 2.05 bits per heavy atom. The summed E-state index contributed by atoms with van der Waals surface area (Å²) in [5.41, 5.74) is 5.86. The Labute approximate surface area is 123 Å². The van der Waals surface area contributed by atoms with Crippen molar-refractivity contribution >= 4 is 23.2 Å². The summed E-state index contributed by atoms with van der Waals surface area (Å²) in [6.45, 7) is 0.498. The molecule has 1 aliphatic carbocycles. The number of halogens is 2. The molecule has 0 aromatic heterocycles. The Morgan fingerprint density at radius 1 is 1.35 bits per heavy atom. The van der Waals surface area contributed by atoms with Crippen LogP contribution in [0.25, 0.3) is 0 Å². The first kappa shape index (κ1) is 15.3. The molecule has 0 radical (unpaired) electrons. The van der Waals surface area contributed by atoms with E-state index in [0.717, 1.165) is 25.7 Å².